The number of carbonyl (C=O) groups excluding carboxylic acids is 1. The normalized spacial score (nSPS) is 27.3. The minimum Gasteiger partial charge on any atom is -0.464 e. The van der Waals surface area contributed by atoms with Crippen molar-refractivity contribution in [1.29, 1.82) is 0 Å². The minimum atomic E-state index is -0.764. The number of nitrogens with zero attached hydrogens (tertiary/aromatic N) is 2. The quantitative estimate of drug-likeness (QED) is 0.685. The number of cyclic esters (lactones) is 1. The lowest BCUT2D eigenvalue weighted by Crippen LogP contribution is -2.49. The molecule has 2 unspecified atom stereocenters. The van der Waals surface area contributed by atoms with Crippen molar-refractivity contribution >= 4 is 28.6 Å². The number of esters is 1. The van der Waals surface area contributed by atoms with E-state index in [1.54, 1.807) is 29.0 Å². The summed E-state index contributed by atoms with van der Waals surface area (Å²) in [6.45, 7) is 2.33. The molecule has 3 aromatic rings. The Labute approximate surface area is 142 Å². The zero-order valence-electron chi connectivity index (χ0n) is 12.9. The van der Waals surface area contributed by atoms with Gasteiger partial charge in [0.05, 0.1) is 12.0 Å². The average molecular weight is 344 g/mol. The third-order valence-corrected chi connectivity index (χ3v) is 7.01. The molecule has 0 bridgehead atoms. The van der Waals surface area contributed by atoms with E-state index >= 15 is 0 Å². The van der Waals surface area contributed by atoms with Crippen LogP contribution in [0.25, 0.3) is 0 Å². The van der Waals surface area contributed by atoms with Crippen LogP contribution in [0.15, 0.2) is 47.5 Å². The van der Waals surface area contributed by atoms with Gasteiger partial charge in [0, 0.05) is 23.0 Å². The number of aromatic nitrogens is 2. The molecule has 3 aromatic heterocycles. The lowest BCUT2D eigenvalue weighted by atomic mass is 9.62. The number of rotatable bonds is 3. The third kappa shape index (κ3) is 1.76. The summed E-state index contributed by atoms with van der Waals surface area (Å²) < 4.78 is 7.64. The number of carbonyl (C=O) groups is 1. The molecule has 0 amide bonds. The molecule has 0 spiro atoms. The lowest BCUT2D eigenvalue weighted by molar-refractivity contribution is -0.142. The van der Waals surface area contributed by atoms with Crippen LogP contribution in [0.4, 0.5) is 0 Å². The molecule has 118 valence electrons. The molecule has 2 atom stereocenters. The average Bonchev–Trinajstić information content (AvgIpc) is 3.30. The van der Waals surface area contributed by atoms with Crippen molar-refractivity contribution in [3.05, 3.63) is 63.0 Å². The first-order valence-corrected chi connectivity index (χ1v) is 9.08. The number of hydrogen-bond acceptors (Lipinski definition) is 5. The van der Waals surface area contributed by atoms with Gasteiger partial charge in [0.1, 0.15) is 17.4 Å². The van der Waals surface area contributed by atoms with Crippen molar-refractivity contribution in [2.45, 2.75) is 17.8 Å². The van der Waals surface area contributed by atoms with E-state index in [1.165, 1.54) is 0 Å². The van der Waals surface area contributed by atoms with Crippen molar-refractivity contribution in [1.82, 2.24) is 9.55 Å². The first-order chi connectivity index (χ1) is 11.1. The molecule has 1 fully saturated rings. The molecule has 0 N–H and O–H groups in total. The number of imidazole rings is 1. The molecule has 1 saturated heterocycles. The van der Waals surface area contributed by atoms with Crippen LogP contribution in [0.1, 0.15) is 22.4 Å². The van der Waals surface area contributed by atoms with Crippen LogP contribution in [0.3, 0.4) is 0 Å². The van der Waals surface area contributed by atoms with Gasteiger partial charge in [-0.15, -0.1) is 22.7 Å². The standard InChI is InChI=1S/C17H16N2O2S2/c1-16(13-5-3-7-22-13)15(20)21-10-17(16,14-6-4-8-23-14)12-9-18-11-19(12)2/h3-9,11H,10H2,1-2H3. The summed E-state index contributed by atoms with van der Waals surface area (Å²) in [4.78, 5) is 19.3. The van der Waals surface area contributed by atoms with Crippen molar-refractivity contribution in [2.75, 3.05) is 6.61 Å². The van der Waals surface area contributed by atoms with Crippen molar-refractivity contribution in [2.24, 2.45) is 7.05 Å². The van der Waals surface area contributed by atoms with Gasteiger partial charge in [-0.1, -0.05) is 12.1 Å². The Bertz CT molecular complexity index is 838. The van der Waals surface area contributed by atoms with Gasteiger partial charge in [0.2, 0.25) is 0 Å². The molecule has 6 heteroatoms. The Hall–Kier alpha value is -1.92. The summed E-state index contributed by atoms with van der Waals surface area (Å²) in [5.74, 6) is -0.172. The fourth-order valence-corrected chi connectivity index (χ4v) is 5.56. The van der Waals surface area contributed by atoms with Gasteiger partial charge in [-0.3, -0.25) is 4.79 Å². The van der Waals surface area contributed by atoms with E-state index in [0.717, 1.165) is 15.4 Å². The number of thiophene rings is 2. The fraction of sp³-hybridized carbons (Fsp3) is 0.294. The molecular formula is C17H16N2O2S2. The summed E-state index contributed by atoms with van der Waals surface area (Å²) in [7, 11) is 1.97. The van der Waals surface area contributed by atoms with E-state index < -0.39 is 10.8 Å². The second-order valence-corrected chi connectivity index (χ2v) is 7.85. The first kappa shape index (κ1) is 14.7. The van der Waals surface area contributed by atoms with Crippen molar-refractivity contribution in [3.63, 3.8) is 0 Å². The summed E-state index contributed by atoms with van der Waals surface area (Å²) in [5.41, 5.74) is -0.324. The van der Waals surface area contributed by atoms with Gasteiger partial charge in [0.15, 0.2) is 0 Å². The smallest absolute Gasteiger partial charge is 0.318 e. The summed E-state index contributed by atoms with van der Waals surface area (Å²) in [6, 6.07) is 8.12. The SMILES string of the molecule is Cn1cncc1C1(c2cccs2)COC(=O)C1(C)c1cccs1. The van der Waals surface area contributed by atoms with E-state index in [-0.39, 0.29) is 5.97 Å². The van der Waals surface area contributed by atoms with Gasteiger partial charge < -0.3 is 9.30 Å². The van der Waals surface area contributed by atoms with Crippen molar-refractivity contribution < 1.29 is 9.53 Å². The van der Waals surface area contributed by atoms with Gasteiger partial charge >= 0.3 is 5.97 Å². The molecule has 4 nitrogen and oxygen atoms in total. The Kier molecular flexibility index (Phi) is 3.21. The monoisotopic (exact) mass is 344 g/mol. The van der Waals surface area contributed by atoms with Crippen LogP contribution in [0, 0.1) is 0 Å². The summed E-state index contributed by atoms with van der Waals surface area (Å²) in [6.07, 6.45) is 3.63. The van der Waals surface area contributed by atoms with E-state index in [9.17, 15) is 4.79 Å². The molecule has 0 radical (unpaired) electrons. The third-order valence-electron chi connectivity index (χ3n) is 4.89. The Morgan fingerprint density at radius 1 is 1.22 bits per heavy atom. The molecule has 4 heterocycles. The summed E-state index contributed by atoms with van der Waals surface area (Å²) >= 11 is 3.26. The largest absolute Gasteiger partial charge is 0.464 e. The van der Waals surface area contributed by atoms with Crippen LogP contribution in [0.5, 0.6) is 0 Å². The predicted octanol–water partition coefficient (Wildman–Crippen LogP) is 3.34. The van der Waals surface area contributed by atoms with Crippen LogP contribution < -0.4 is 0 Å². The van der Waals surface area contributed by atoms with E-state index in [2.05, 4.69) is 11.1 Å². The van der Waals surface area contributed by atoms with Crippen molar-refractivity contribution in [3.8, 4) is 0 Å². The number of aryl methyl sites for hydroxylation is 1. The molecule has 23 heavy (non-hydrogen) atoms. The highest BCUT2D eigenvalue weighted by Crippen LogP contribution is 2.55. The van der Waals surface area contributed by atoms with Crippen LogP contribution in [0.2, 0.25) is 0 Å². The highest BCUT2D eigenvalue weighted by atomic mass is 32.1. The maximum Gasteiger partial charge on any atom is 0.318 e. The van der Waals surface area contributed by atoms with Gasteiger partial charge in [-0.2, -0.15) is 0 Å². The Morgan fingerprint density at radius 3 is 2.48 bits per heavy atom. The summed E-state index contributed by atoms with van der Waals surface area (Å²) in [5, 5.41) is 4.06. The predicted molar refractivity (Wildman–Crippen MR) is 90.9 cm³/mol. The molecule has 0 aliphatic carbocycles. The second-order valence-electron chi connectivity index (χ2n) is 5.95. The maximum atomic E-state index is 12.9. The van der Waals surface area contributed by atoms with Crippen LogP contribution >= 0.6 is 22.7 Å². The van der Waals surface area contributed by atoms with Gasteiger partial charge in [-0.25, -0.2) is 4.98 Å². The lowest BCUT2D eigenvalue weighted by Gasteiger charge is -2.38. The minimum absolute atomic E-state index is 0.172. The van der Waals surface area contributed by atoms with E-state index in [4.69, 9.17) is 4.74 Å². The topological polar surface area (TPSA) is 44.1 Å². The fourth-order valence-electron chi connectivity index (χ4n) is 3.57. The highest BCUT2D eigenvalue weighted by Gasteiger charge is 2.64. The van der Waals surface area contributed by atoms with E-state index in [1.807, 2.05) is 53.7 Å². The number of hydrogen-bond donors (Lipinski definition) is 0. The number of ether oxygens (including phenoxy) is 1. The molecule has 1 aliphatic rings. The second kappa shape index (κ2) is 5.04. The maximum absolute atomic E-state index is 12.9. The molecule has 0 saturated carbocycles. The molecule has 0 aromatic carbocycles. The van der Waals surface area contributed by atoms with Crippen LogP contribution in [-0.2, 0) is 27.4 Å². The zero-order chi connectivity index (χ0) is 16.1. The van der Waals surface area contributed by atoms with Gasteiger partial charge in [-0.05, 0) is 29.8 Å². The Morgan fingerprint density at radius 2 is 1.91 bits per heavy atom. The van der Waals surface area contributed by atoms with Crippen LogP contribution in [-0.4, -0.2) is 22.1 Å². The zero-order valence-corrected chi connectivity index (χ0v) is 14.5. The molecule has 1 aliphatic heterocycles. The Balaban J connectivity index is 2.07. The van der Waals surface area contributed by atoms with Gasteiger partial charge in [0.25, 0.3) is 0 Å². The first-order valence-electron chi connectivity index (χ1n) is 7.32. The highest BCUT2D eigenvalue weighted by molar-refractivity contribution is 7.11. The van der Waals surface area contributed by atoms with E-state index in [0.29, 0.717) is 6.61 Å². The molecular weight excluding hydrogens is 328 g/mol. The molecule has 4 rings (SSSR count).